The predicted molar refractivity (Wildman–Crippen MR) is 122 cm³/mol. The minimum Gasteiger partial charge on any atom is -0.497 e. The molecule has 2 saturated heterocycles. The molecule has 0 N–H and O–H groups in total. The van der Waals surface area contributed by atoms with Gasteiger partial charge in [-0.25, -0.2) is 4.79 Å². The van der Waals surface area contributed by atoms with Gasteiger partial charge >= 0.3 is 6.03 Å². The van der Waals surface area contributed by atoms with Crippen molar-refractivity contribution in [1.82, 2.24) is 14.7 Å². The second-order valence-corrected chi connectivity index (χ2v) is 8.43. The molecule has 170 valence electrons. The third-order valence-electron chi connectivity index (χ3n) is 6.66. The minimum atomic E-state index is -0.735. The molecular weight excluding hydrogens is 406 g/mol. The second-order valence-electron chi connectivity index (χ2n) is 8.43. The van der Waals surface area contributed by atoms with Crippen molar-refractivity contribution in [3.63, 3.8) is 0 Å². The SMILES string of the molecule is CCN1C(=O)N(Cc2cccc(OC)c2)C(=O)C12CCN(Cc1ccc(OC)cc1)CC2. The van der Waals surface area contributed by atoms with E-state index >= 15 is 0 Å². The third-order valence-corrected chi connectivity index (χ3v) is 6.66. The lowest BCUT2D eigenvalue weighted by Crippen LogP contribution is -2.56. The highest BCUT2D eigenvalue weighted by Crippen LogP contribution is 2.38. The molecule has 3 amide bonds. The van der Waals surface area contributed by atoms with E-state index < -0.39 is 5.54 Å². The number of piperidine rings is 1. The molecule has 0 aliphatic carbocycles. The van der Waals surface area contributed by atoms with Crippen LogP contribution in [0.15, 0.2) is 48.5 Å². The number of carbonyl (C=O) groups is 2. The molecule has 0 radical (unpaired) electrons. The van der Waals surface area contributed by atoms with Crippen LogP contribution in [0, 0.1) is 0 Å². The van der Waals surface area contributed by atoms with E-state index in [-0.39, 0.29) is 18.5 Å². The molecule has 0 unspecified atom stereocenters. The zero-order chi connectivity index (χ0) is 22.7. The van der Waals surface area contributed by atoms with Crippen molar-refractivity contribution in [1.29, 1.82) is 0 Å². The van der Waals surface area contributed by atoms with Gasteiger partial charge in [0.1, 0.15) is 17.0 Å². The first-order chi connectivity index (χ1) is 15.5. The quantitative estimate of drug-likeness (QED) is 0.620. The maximum Gasteiger partial charge on any atom is 0.327 e. The molecule has 32 heavy (non-hydrogen) atoms. The Morgan fingerprint density at radius 3 is 2.19 bits per heavy atom. The maximum atomic E-state index is 13.6. The molecule has 0 bridgehead atoms. The number of nitrogens with zero attached hydrogens (tertiary/aromatic N) is 3. The number of ether oxygens (including phenoxy) is 2. The van der Waals surface area contributed by atoms with Crippen LogP contribution in [-0.4, -0.2) is 66.0 Å². The summed E-state index contributed by atoms with van der Waals surface area (Å²) in [6, 6.07) is 15.4. The molecule has 7 heteroatoms. The largest absolute Gasteiger partial charge is 0.497 e. The Morgan fingerprint density at radius 2 is 1.56 bits per heavy atom. The van der Waals surface area contributed by atoms with Crippen LogP contribution in [0.25, 0.3) is 0 Å². The summed E-state index contributed by atoms with van der Waals surface area (Å²) >= 11 is 0. The fourth-order valence-corrected chi connectivity index (χ4v) is 4.87. The number of rotatable bonds is 7. The average molecular weight is 438 g/mol. The first kappa shape index (κ1) is 22.1. The number of likely N-dealkylation sites (N-methyl/N-ethyl adjacent to an activating group) is 1. The van der Waals surface area contributed by atoms with Crippen molar-refractivity contribution in [2.24, 2.45) is 0 Å². The van der Waals surface area contributed by atoms with Crippen LogP contribution in [-0.2, 0) is 17.9 Å². The lowest BCUT2D eigenvalue weighted by atomic mass is 9.85. The molecule has 2 aliphatic heterocycles. The van der Waals surface area contributed by atoms with Gasteiger partial charge in [-0.05, 0) is 55.2 Å². The number of imide groups is 1. The molecule has 2 aromatic carbocycles. The second kappa shape index (κ2) is 9.20. The van der Waals surface area contributed by atoms with Gasteiger partial charge in [0.2, 0.25) is 0 Å². The van der Waals surface area contributed by atoms with E-state index in [1.54, 1.807) is 19.1 Å². The fourth-order valence-electron chi connectivity index (χ4n) is 4.87. The van der Waals surface area contributed by atoms with Crippen LogP contribution < -0.4 is 9.47 Å². The Balaban J connectivity index is 1.46. The average Bonchev–Trinajstić information content (AvgIpc) is 3.02. The maximum absolute atomic E-state index is 13.6. The summed E-state index contributed by atoms with van der Waals surface area (Å²) in [5.74, 6) is 1.49. The molecule has 7 nitrogen and oxygen atoms in total. The molecule has 2 aromatic rings. The van der Waals surface area contributed by atoms with E-state index in [9.17, 15) is 9.59 Å². The zero-order valence-corrected chi connectivity index (χ0v) is 19.0. The molecule has 4 rings (SSSR count). The van der Waals surface area contributed by atoms with Gasteiger partial charge in [-0.2, -0.15) is 0 Å². The monoisotopic (exact) mass is 437 g/mol. The van der Waals surface area contributed by atoms with E-state index in [0.717, 1.165) is 36.7 Å². The van der Waals surface area contributed by atoms with Crippen LogP contribution in [0.2, 0.25) is 0 Å². The van der Waals surface area contributed by atoms with Crippen molar-refractivity contribution in [3.05, 3.63) is 59.7 Å². The smallest absolute Gasteiger partial charge is 0.327 e. The van der Waals surface area contributed by atoms with Crippen molar-refractivity contribution < 1.29 is 19.1 Å². The lowest BCUT2D eigenvalue weighted by molar-refractivity contribution is -0.136. The summed E-state index contributed by atoms with van der Waals surface area (Å²) < 4.78 is 10.5. The highest BCUT2D eigenvalue weighted by molar-refractivity contribution is 6.07. The number of urea groups is 1. The van der Waals surface area contributed by atoms with Crippen LogP contribution in [0.1, 0.15) is 30.9 Å². The molecule has 2 fully saturated rings. The van der Waals surface area contributed by atoms with Crippen molar-refractivity contribution in [2.45, 2.75) is 38.4 Å². The third kappa shape index (κ3) is 4.05. The Kier molecular flexibility index (Phi) is 6.37. The van der Waals surface area contributed by atoms with Gasteiger partial charge < -0.3 is 14.4 Å². The highest BCUT2D eigenvalue weighted by Gasteiger charge is 2.57. The first-order valence-corrected chi connectivity index (χ1v) is 11.1. The Hall–Kier alpha value is -3.06. The number of benzene rings is 2. The standard InChI is InChI=1S/C25H31N3O4/c1-4-28-24(30)27(18-20-6-5-7-22(16-20)32-3)23(29)25(28)12-14-26(15-13-25)17-19-8-10-21(31-2)11-9-19/h5-11,16H,4,12-15,17-18H2,1-3H3. The zero-order valence-electron chi connectivity index (χ0n) is 19.0. The highest BCUT2D eigenvalue weighted by atomic mass is 16.5. The van der Waals surface area contributed by atoms with Gasteiger partial charge in [-0.1, -0.05) is 24.3 Å². The summed E-state index contributed by atoms with van der Waals surface area (Å²) in [5, 5.41) is 0. The van der Waals surface area contributed by atoms with Gasteiger partial charge in [0.15, 0.2) is 0 Å². The summed E-state index contributed by atoms with van der Waals surface area (Å²) in [4.78, 5) is 32.3. The fraction of sp³-hybridized carbons (Fsp3) is 0.440. The summed E-state index contributed by atoms with van der Waals surface area (Å²) in [7, 11) is 3.27. The lowest BCUT2D eigenvalue weighted by Gasteiger charge is -2.42. The number of likely N-dealkylation sites (tertiary alicyclic amines) is 1. The van der Waals surface area contributed by atoms with Gasteiger partial charge in [-0.3, -0.25) is 14.6 Å². The number of amides is 3. The summed E-state index contributed by atoms with van der Waals surface area (Å²) in [6.07, 6.45) is 1.30. The number of methoxy groups -OCH3 is 2. The summed E-state index contributed by atoms with van der Waals surface area (Å²) in [5.41, 5.74) is 1.36. The van der Waals surface area contributed by atoms with Crippen LogP contribution in [0.5, 0.6) is 11.5 Å². The number of carbonyl (C=O) groups excluding carboxylic acids is 2. The van der Waals surface area contributed by atoms with Gasteiger partial charge in [0.25, 0.3) is 5.91 Å². The van der Waals surface area contributed by atoms with E-state index in [4.69, 9.17) is 9.47 Å². The molecule has 0 aromatic heterocycles. The number of hydrogen-bond acceptors (Lipinski definition) is 5. The van der Waals surface area contributed by atoms with Crippen LogP contribution in [0.4, 0.5) is 4.79 Å². The Bertz CT molecular complexity index is 967. The minimum absolute atomic E-state index is 0.0729. The van der Waals surface area contributed by atoms with E-state index in [2.05, 4.69) is 17.0 Å². The van der Waals surface area contributed by atoms with Gasteiger partial charge in [-0.15, -0.1) is 0 Å². The molecule has 1 spiro atoms. The van der Waals surface area contributed by atoms with E-state index in [0.29, 0.717) is 19.4 Å². The first-order valence-electron chi connectivity index (χ1n) is 11.1. The molecule has 2 aliphatic rings. The van der Waals surface area contributed by atoms with Crippen LogP contribution in [0.3, 0.4) is 0 Å². The molecule has 0 saturated carbocycles. The summed E-state index contributed by atoms with van der Waals surface area (Å²) in [6.45, 7) is 5.11. The Labute approximate surface area is 189 Å². The predicted octanol–water partition coefficient (Wildman–Crippen LogP) is 3.52. The topological polar surface area (TPSA) is 62.3 Å². The normalized spacial score (nSPS) is 18.5. The van der Waals surface area contributed by atoms with Crippen LogP contribution >= 0.6 is 0 Å². The van der Waals surface area contributed by atoms with Crippen molar-refractivity contribution in [2.75, 3.05) is 33.9 Å². The van der Waals surface area contributed by atoms with Gasteiger partial charge in [0.05, 0.1) is 20.8 Å². The van der Waals surface area contributed by atoms with Crippen molar-refractivity contribution >= 4 is 11.9 Å². The Morgan fingerprint density at radius 1 is 0.875 bits per heavy atom. The number of hydrogen-bond donors (Lipinski definition) is 0. The van der Waals surface area contributed by atoms with E-state index in [1.165, 1.54) is 10.5 Å². The van der Waals surface area contributed by atoms with Crippen molar-refractivity contribution in [3.8, 4) is 11.5 Å². The van der Waals surface area contributed by atoms with E-state index in [1.807, 2.05) is 43.3 Å². The molecule has 0 atom stereocenters. The van der Waals surface area contributed by atoms with Gasteiger partial charge in [0, 0.05) is 26.2 Å². The molecular formula is C25H31N3O4. The molecule has 2 heterocycles.